The maximum Gasteiger partial charge on any atom is 0.191 e. The van der Waals surface area contributed by atoms with Crippen LogP contribution in [0.25, 0.3) is 0 Å². The Bertz CT molecular complexity index is 296. The van der Waals surface area contributed by atoms with Crippen LogP contribution in [0.15, 0.2) is 4.99 Å². The Labute approximate surface area is 141 Å². The Kier molecular flexibility index (Phi) is 8.17. The molecule has 0 heterocycles. The van der Waals surface area contributed by atoms with Crippen molar-refractivity contribution in [1.29, 1.82) is 0 Å². The summed E-state index contributed by atoms with van der Waals surface area (Å²) >= 11 is 0. The molecule has 2 aliphatic carbocycles. The van der Waals surface area contributed by atoms with Gasteiger partial charge in [0.1, 0.15) is 0 Å². The lowest BCUT2D eigenvalue weighted by Gasteiger charge is -2.26. The van der Waals surface area contributed by atoms with E-state index >= 15 is 0 Å². The van der Waals surface area contributed by atoms with Gasteiger partial charge in [0.15, 0.2) is 5.96 Å². The number of nitrogens with one attached hydrogen (secondary N) is 2. The van der Waals surface area contributed by atoms with Crippen molar-refractivity contribution in [3.63, 3.8) is 0 Å². The number of nitrogens with zero attached hydrogens (tertiary/aromatic N) is 2. The van der Waals surface area contributed by atoms with Crippen molar-refractivity contribution >= 4 is 29.9 Å². The van der Waals surface area contributed by atoms with E-state index in [1.807, 2.05) is 0 Å². The van der Waals surface area contributed by atoms with E-state index in [2.05, 4.69) is 41.3 Å². The molecule has 2 fully saturated rings. The smallest absolute Gasteiger partial charge is 0.191 e. The molecule has 2 aliphatic rings. The second kappa shape index (κ2) is 9.07. The predicted molar refractivity (Wildman–Crippen MR) is 97.0 cm³/mol. The summed E-state index contributed by atoms with van der Waals surface area (Å²) in [7, 11) is 0. The Balaban J connectivity index is 0.00000200. The van der Waals surface area contributed by atoms with Gasteiger partial charge in [-0.15, -0.1) is 24.0 Å². The standard InChI is InChI=1S/C15H30N4.HI/c1-4-16-15(18-11-13-5-6-13)17-9-10-19(12(2)3)14-7-8-14;/h12-14H,4-11H2,1-3H3,(H2,16,17,18);1H. The van der Waals surface area contributed by atoms with Crippen molar-refractivity contribution in [1.82, 2.24) is 15.5 Å². The van der Waals surface area contributed by atoms with Crippen LogP contribution in [0.4, 0.5) is 0 Å². The van der Waals surface area contributed by atoms with Gasteiger partial charge in [0.25, 0.3) is 0 Å². The van der Waals surface area contributed by atoms with E-state index in [9.17, 15) is 0 Å². The molecule has 0 aliphatic heterocycles. The Morgan fingerprint density at radius 1 is 1.20 bits per heavy atom. The van der Waals surface area contributed by atoms with Crippen molar-refractivity contribution in [2.45, 2.75) is 58.5 Å². The maximum atomic E-state index is 4.65. The summed E-state index contributed by atoms with van der Waals surface area (Å²) in [5, 5.41) is 6.80. The van der Waals surface area contributed by atoms with Crippen LogP contribution < -0.4 is 10.6 Å². The Morgan fingerprint density at radius 3 is 2.40 bits per heavy atom. The lowest BCUT2D eigenvalue weighted by molar-refractivity contribution is 0.215. The summed E-state index contributed by atoms with van der Waals surface area (Å²) in [4.78, 5) is 7.26. The van der Waals surface area contributed by atoms with Crippen molar-refractivity contribution in [3.05, 3.63) is 0 Å². The first kappa shape index (κ1) is 18.0. The van der Waals surface area contributed by atoms with Crippen LogP contribution in [-0.4, -0.2) is 49.1 Å². The van der Waals surface area contributed by atoms with E-state index in [4.69, 9.17) is 0 Å². The molecule has 0 saturated heterocycles. The number of guanidine groups is 1. The largest absolute Gasteiger partial charge is 0.357 e. The molecule has 0 atom stereocenters. The van der Waals surface area contributed by atoms with Gasteiger partial charge in [-0.2, -0.15) is 0 Å². The minimum Gasteiger partial charge on any atom is -0.357 e. The predicted octanol–water partition coefficient (Wildman–Crippen LogP) is 2.44. The molecule has 0 radical (unpaired) electrons. The second-order valence-corrected chi connectivity index (χ2v) is 6.15. The highest BCUT2D eigenvalue weighted by Gasteiger charge is 2.30. The molecule has 2 saturated carbocycles. The van der Waals surface area contributed by atoms with Crippen molar-refractivity contribution in [2.75, 3.05) is 26.2 Å². The molecule has 0 aromatic carbocycles. The van der Waals surface area contributed by atoms with E-state index < -0.39 is 0 Å². The number of halogens is 1. The molecule has 5 heteroatoms. The molecule has 2 N–H and O–H groups in total. The third-order valence-corrected chi connectivity index (χ3v) is 3.89. The molecule has 0 amide bonds. The molecule has 0 aromatic rings. The zero-order chi connectivity index (χ0) is 13.7. The van der Waals surface area contributed by atoms with Gasteiger partial charge < -0.3 is 10.6 Å². The fourth-order valence-electron chi connectivity index (χ4n) is 2.43. The van der Waals surface area contributed by atoms with E-state index in [-0.39, 0.29) is 24.0 Å². The summed E-state index contributed by atoms with van der Waals surface area (Å²) in [6.45, 7) is 10.8. The fourth-order valence-corrected chi connectivity index (χ4v) is 2.43. The topological polar surface area (TPSA) is 39.7 Å². The Hall–Kier alpha value is -0.0400. The molecule has 2 rings (SSSR count). The third-order valence-electron chi connectivity index (χ3n) is 3.89. The maximum absolute atomic E-state index is 4.65. The van der Waals surface area contributed by atoms with Crippen molar-refractivity contribution in [3.8, 4) is 0 Å². The monoisotopic (exact) mass is 394 g/mol. The summed E-state index contributed by atoms with van der Waals surface area (Å²) < 4.78 is 0. The van der Waals surface area contributed by atoms with Crippen molar-refractivity contribution < 1.29 is 0 Å². The minimum atomic E-state index is 0. The number of hydrogen-bond donors (Lipinski definition) is 2. The fraction of sp³-hybridized carbons (Fsp3) is 0.933. The van der Waals surface area contributed by atoms with Gasteiger partial charge in [0, 0.05) is 38.3 Å². The molecule has 0 aromatic heterocycles. The third kappa shape index (κ3) is 6.61. The molecular formula is C15H31IN4. The van der Waals surface area contributed by atoms with E-state index in [0.29, 0.717) is 6.04 Å². The van der Waals surface area contributed by atoms with Crippen LogP contribution in [0, 0.1) is 5.92 Å². The molecule has 0 unspecified atom stereocenters. The number of rotatable bonds is 8. The molecule has 0 spiro atoms. The van der Waals surface area contributed by atoms with Gasteiger partial charge in [0.2, 0.25) is 0 Å². The van der Waals surface area contributed by atoms with Gasteiger partial charge in [-0.1, -0.05) is 0 Å². The van der Waals surface area contributed by atoms with Crippen LogP contribution in [0.3, 0.4) is 0 Å². The van der Waals surface area contributed by atoms with Crippen LogP contribution >= 0.6 is 24.0 Å². The van der Waals surface area contributed by atoms with E-state index in [1.165, 1.54) is 25.7 Å². The minimum absolute atomic E-state index is 0. The van der Waals surface area contributed by atoms with Gasteiger partial charge in [0.05, 0.1) is 0 Å². The zero-order valence-electron chi connectivity index (χ0n) is 13.2. The SMILES string of the molecule is CCNC(=NCC1CC1)NCCN(C(C)C)C1CC1.I. The van der Waals surface area contributed by atoms with Crippen LogP contribution in [0.5, 0.6) is 0 Å². The zero-order valence-corrected chi connectivity index (χ0v) is 15.5. The van der Waals surface area contributed by atoms with Crippen LogP contribution in [0.1, 0.15) is 46.5 Å². The molecule has 0 bridgehead atoms. The van der Waals surface area contributed by atoms with E-state index in [1.54, 1.807) is 0 Å². The summed E-state index contributed by atoms with van der Waals surface area (Å²) in [6, 6.07) is 1.49. The van der Waals surface area contributed by atoms with E-state index in [0.717, 1.165) is 44.1 Å². The van der Waals surface area contributed by atoms with Crippen LogP contribution in [-0.2, 0) is 0 Å². The first-order valence-electron chi connectivity index (χ1n) is 7.98. The molecule has 4 nitrogen and oxygen atoms in total. The van der Waals surface area contributed by atoms with Gasteiger partial charge in [-0.3, -0.25) is 9.89 Å². The lowest BCUT2D eigenvalue weighted by atomic mass is 10.3. The summed E-state index contributed by atoms with van der Waals surface area (Å²) in [5.41, 5.74) is 0. The van der Waals surface area contributed by atoms with Gasteiger partial charge in [-0.05, 0) is 52.4 Å². The number of aliphatic imine (C=N–C) groups is 1. The van der Waals surface area contributed by atoms with Crippen molar-refractivity contribution in [2.24, 2.45) is 10.9 Å². The normalized spacial score (nSPS) is 19.1. The molecule has 118 valence electrons. The summed E-state index contributed by atoms with van der Waals surface area (Å²) in [5.74, 6) is 1.85. The first-order valence-corrected chi connectivity index (χ1v) is 7.98. The Morgan fingerprint density at radius 2 is 1.90 bits per heavy atom. The van der Waals surface area contributed by atoms with Gasteiger partial charge >= 0.3 is 0 Å². The highest BCUT2D eigenvalue weighted by atomic mass is 127. The average Bonchev–Trinajstić information content (AvgIpc) is 3.25. The average molecular weight is 394 g/mol. The van der Waals surface area contributed by atoms with Crippen LogP contribution in [0.2, 0.25) is 0 Å². The number of hydrogen-bond acceptors (Lipinski definition) is 2. The quantitative estimate of drug-likeness (QED) is 0.378. The molecule has 20 heavy (non-hydrogen) atoms. The highest BCUT2D eigenvalue weighted by Crippen LogP contribution is 2.29. The summed E-state index contributed by atoms with van der Waals surface area (Å²) in [6.07, 6.45) is 5.50. The molecular weight excluding hydrogens is 363 g/mol. The lowest BCUT2D eigenvalue weighted by Crippen LogP contribution is -2.44. The first-order chi connectivity index (χ1) is 9.20. The highest BCUT2D eigenvalue weighted by molar-refractivity contribution is 14.0. The van der Waals surface area contributed by atoms with Gasteiger partial charge in [-0.25, -0.2) is 0 Å². The second-order valence-electron chi connectivity index (χ2n) is 6.15.